The van der Waals surface area contributed by atoms with Gasteiger partial charge in [0, 0.05) is 24.5 Å². The fourth-order valence-corrected chi connectivity index (χ4v) is 2.75. The van der Waals surface area contributed by atoms with Crippen LogP contribution in [0.15, 0.2) is 23.4 Å². The molecule has 2 unspecified atom stereocenters. The van der Waals surface area contributed by atoms with Gasteiger partial charge in [-0.05, 0) is 12.5 Å². The number of nitrogens with one attached hydrogen (secondary N) is 1. The number of primary sulfonamides is 1. The summed E-state index contributed by atoms with van der Waals surface area (Å²) in [5, 5.41) is 7.03. The molecule has 2 rings (SSSR count). The number of nitrogens with two attached hydrogens (primary N) is 1. The fraction of sp³-hybridized carbons (Fsp3) is 0.500. The highest BCUT2D eigenvalue weighted by Gasteiger charge is 2.50. The van der Waals surface area contributed by atoms with Crippen molar-refractivity contribution in [3.63, 3.8) is 0 Å². The molecule has 0 spiro atoms. The maximum atomic E-state index is 13.0. The van der Waals surface area contributed by atoms with Crippen LogP contribution in [0.25, 0.3) is 0 Å². The SMILES string of the molecule is [2H]C([2H])([2H])ON1CC(C(F)(F)F)CC1C(=O)Nc1ccnc(S(N)(=O)=O)c1. The highest BCUT2D eigenvalue weighted by atomic mass is 32.2. The molecule has 3 N–H and O–H groups in total. The molecular weight excluding hydrogens is 353 g/mol. The van der Waals surface area contributed by atoms with Crippen LogP contribution in [0.2, 0.25) is 0 Å². The zero-order valence-electron chi connectivity index (χ0n) is 14.9. The molecule has 2 heterocycles. The summed E-state index contributed by atoms with van der Waals surface area (Å²) in [5.74, 6) is -2.97. The third kappa shape index (κ3) is 4.20. The first kappa shape index (κ1) is 14.6. The van der Waals surface area contributed by atoms with Crippen molar-refractivity contribution in [2.45, 2.75) is 23.7 Å². The minimum Gasteiger partial charge on any atom is -0.324 e. The molecule has 0 aromatic carbocycles. The number of carbonyl (C=O) groups excluding carboxylic acids is 1. The van der Waals surface area contributed by atoms with Crippen LogP contribution in [-0.2, 0) is 19.7 Å². The lowest BCUT2D eigenvalue weighted by Crippen LogP contribution is -2.38. The molecule has 1 aromatic heterocycles. The number of rotatable bonds is 4. The average molecular weight is 371 g/mol. The van der Waals surface area contributed by atoms with Crippen LogP contribution in [-0.4, -0.2) is 50.2 Å². The molecule has 0 aliphatic carbocycles. The summed E-state index contributed by atoms with van der Waals surface area (Å²) in [4.78, 5) is 20.4. The molecule has 12 heteroatoms. The second-order valence-corrected chi connectivity index (χ2v) is 6.61. The Hall–Kier alpha value is -1.76. The van der Waals surface area contributed by atoms with Crippen molar-refractivity contribution in [1.29, 1.82) is 0 Å². The third-order valence-corrected chi connectivity index (χ3v) is 4.24. The Morgan fingerprint density at radius 1 is 1.58 bits per heavy atom. The Labute approximate surface area is 140 Å². The van der Waals surface area contributed by atoms with E-state index in [1.807, 2.05) is 0 Å². The van der Waals surface area contributed by atoms with E-state index in [-0.39, 0.29) is 5.69 Å². The van der Waals surface area contributed by atoms with Crippen molar-refractivity contribution in [2.75, 3.05) is 18.9 Å². The Morgan fingerprint density at radius 2 is 2.29 bits per heavy atom. The van der Waals surface area contributed by atoms with E-state index in [1.54, 1.807) is 0 Å². The van der Waals surface area contributed by atoms with Gasteiger partial charge in [0.25, 0.3) is 10.0 Å². The predicted octanol–water partition coefficient (Wildman–Crippen LogP) is 0.482. The Morgan fingerprint density at radius 3 is 2.88 bits per heavy atom. The molecule has 1 amide bonds. The highest BCUT2D eigenvalue weighted by Crippen LogP contribution is 2.36. The maximum absolute atomic E-state index is 13.0. The van der Waals surface area contributed by atoms with Gasteiger partial charge < -0.3 is 10.2 Å². The number of sulfonamides is 1. The molecular formula is C12H15F3N4O4S. The summed E-state index contributed by atoms with van der Waals surface area (Å²) >= 11 is 0. The van der Waals surface area contributed by atoms with Crippen molar-refractivity contribution in [2.24, 2.45) is 11.1 Å². The molecule has 1 aromatic rings. The summed E-state index contributed by atoms with van der Waals surface area (Å²) in [6.45, 7) is -0.835. The molecule has 1 aliphatic rings. The lowest BCUT2D eigenvalue weighted by molar-refractivity contribution is -0.187. The minimum absolute atomic E-state index is 0.0942. The van der Waals surface area contributed by atoms with Gasteiger partial charge in [-0.1, -0.05) is 0 Å². The number of amides is 1. The van der Waals surface area contributed by atoms with E-state index in [0.29, 0.717) is 5.06 Å². The molecule has 2 atom stereocenters. The average Bonchev–Trinajstić information content (AvgIpc) is 2.88. The monoisotopic (exact) mass is 371 g/mol. The third-order valence-electron chi connectivity index (χ3n) is 3.43. The van der Waals surface area contributed by atoms with Crippen LogP contribution in [0.3, 0.4) is 0 Å². The van der Waals surface area contributed by atoms with Gasteiger partial charge in [0.2, 0.25) is 5.91 Å². The number of pyridine rings is 1. The minimum atomic E-state index is -4.65. The van der Waals surface area contributed by atoms with Crippen molar-refractivity contribution < 1.29 is 35.3 Å². The van der Waals surface area contributed by atoms with E-state index < -0.39 is 59.1 Å². The van der Waals surface area contributed by atoms with Crippen molar-refractivity contribution in [3.8, 4) is 0 Å². The van der Waals surface area contributed by atoms with Crippen LogP contribution in [0, 0.1) is 5.92 Å². The number of carbonyl (C=O) groups is 1. The van der Waals surface area contributed by atoms with Crippen molar-refractivity contribution >= 4 is 21.6 Å². The Balaban J connectivity index is 2.21. The fourth-order valence-electron chi connectivity index (χ4n) is 2.25. The topological polar surface area (TPSA) is 115 Å². The number of alkyl halides is 3. The standard InChI is InChI=1S/C12H15F3N4O4S/c1-23-19-6-7(12(13,14)15)4-9(19)11(20)18-8-2-3-17-10(5-8)24(16,21)22/h2-3,5,7,9H,4,6H2,1H3,(H2,16,21,22)(H,17,18,20)/i1D3. The van der Waals surface area contributed by atoms with Crippen LogP contribution in [0.5, 0.6) is 0 Å². The van der Waals surface area contributed by atoms with Gasteiger partial charge in [-0.15, -0.1) is 0 Å². The van der Waals surface area contributed by atoms with E-state index >= 15 is 0 Å². The summed E-state index contributed by atoms with van der Waals surface area (Å²) < 4.78 is 82.6. The van der Waals surface area contributed by atoms with E-state index in [9.17, 15) is 26.4 Å². The van der Waals surface area contributed by atoms with E-state index in [2.05, 4.69) is 15.1 Å². The van der Waals surface area contributed by atoms with E-state index in [1.165, 1.54) is 6.07 Å². The van der Waals surface area contributed by atoms with Gasteiger partial charge in [-0.25, -0.2) is 18.5 Å². The molecule has 0 radical (unpaired) electrons. The second-order valence-electron chi connectivity index (χ2n) is 5.10. The number of aromatic nitrogens is 1. The number of anilines is 1. The number of hydroxylamine groups is 2. The Bertz CT molecular complexity index is 819. The number of hydrogen-bond donors (Lipinski definition) is 2. The van der Waals surface area contributed by atoms with Crippen LogP contribution in [0.1, 0.15) is 10.5 Å². The zero-order valence-corrected chi connectivity index (χ0v) is 12.8. The van der Waals surface area contributed by atoms with Gasteiger partial charge in [0.05, 0.1) is 17.1 Å². The molecule has 8 nitrogen and oxygen atoms in total. The normalized spacial score (nSPS) is 24.9. The highest BCUT2D eigenvalue weighted by molar-refractivity contribution is 7.89. The molecule has 0 saturated carbocycles. The van der Waals surface area contributed by atoms with Gasteiger partial charge in [0.1, 0.15) is 6.04 Å². The van der Waals surface area contributed by atoms with Crippen molar-refractivity contribution in [1.82, 2.24) is 10.0 Å². The first-order chi connectivity index (χ1) is 12.2. The van der Waals surface area contributed by atoms with E-state index in [0.717, 1.165) is 12.3 Å². The first-order valence-corrected chi connectivity index (χ1v) is 8.03. The zero-order chi connectivity index (χ0) is 20.6. The van der Waals surface area contributed by atoms with Crippen molar-refractivity contribution in [3.05, 3.63) is 18.3 Å². The largest absolute Gasteiger partial charge is 0.393 e. The molecule has 134 valence electrons. The summed E-state index contributed by atoms with van der Waals surface area (Å²) in [6, 6.07) is 0.555. The number of halogens is 3. The van der Waals surface area contributed by atoms with Crippen LogP contribution >= 0.6 is 0 Å². The number of nitrogens with zero attached hydrogens (tertiary/aromatic N) is 2. The summed E-state index contributed by atoms with van der Waals surface area (Å²) in [5.41, 5.74) is -0.0942. The lowest BCUT2D eigenvalue weighted by Gasteiger charge is -2.20. The molecule has 0 bridgehead atoms. The van der Waals surface area contributed by atoms with Gasteiger partial charge in [-0.3, -0.25) is 4.79 Å². The van der Waals surface area contributed by atoms with Gasteiger partial charge in [0.15, 0.2) is 5.03 Å². The summed E-state index contributed by atoms with van der Waals surface area (Å²) in [6.07, 6.45) is -4.35. The first-order valence-electron chi connectivity index (χ1n) is 7.99. The number of hydrogen-bond acceptors (Lipinski definition) is 6. The summed E-state index contributed by atoms with van der Waals surface area (Å²) in [7, 11) is -7.21. The molecule has 1 fully saturated rings. The molecule has 1 saturated heterocycles. The maximum Gasteiger partial charge on any atom is 0.393 e. The Kier molecular flexibility index (Phi) is 4.02. The second kappa shape index (κ2) is 6.63. The van der Waals surface area contributed by atoms with Crippen LogP contribution in [0.4, 0.5) is 18.9 Å². The lowest BCUT2D eigenvalue weighted by atomic mass is 10.0. The van der Waals surface area contributed by atoms with Crippen LogP contribution < -0.4 is 10.5 Å². The predicted molar refractivity (Wildman–Crippen MR) is 75.9 cm³/mol. The van der Waals surface area contributed by atoms with Gasteiger partial charge >= 0.3 is 6.18 Å². The quantitative estimate of drug-likeness (QED) is 0.796. The van der Waals surface area contributed by atoms with Gasteiger partial charge in [-0.2, -0.15) is 18.2 Å². The molecule has 24 heavy (non-hydrogen) atoms. The molecule has 1 aliphatic heterocycles. The smallest absolute Gasteiger partial charge is 0.324 e. The van der Waals surface area contributed by atoms with E-state index in [4.69, 9.17) is 9.25 Å².